The van der Waals surface area contributed by atoms with Crippen LogP contribution in [-0.4, -0.2) is 30.3 Å². The second-order valence-corrected chi connectivity index (χ2v) is 9.46. The maximum atomic E-state index is 13.4. The molecule has 1 aliphatic heterocycles. The Morgan fingerprint density at radius 2 is 1.76 bits per heavy atom. The molecule has 1 aromatic heterocycles. The molecule has 5 rings (SSSR count). The standard InChI is InChI=1S/C26H21N3O3S2/c1-31-19-12-10-17(11-13-19)14-22-25(30)29(18-6-5-7-20(15-18)32-2)26(28-22)33-16-24-27-21-8-3-4-9-23(21)34-24/h3-15H,16H2,1-2H3. The minimum absolute atomic E-state index is 0.184. The molecule has 0 radical (unpaired) electrons. The van der Waals surface area contributed by atoms with Gasteiger partial charge in [0, 0.05) is 6.07 Å². The number of thioether (sulfide) groups is 1. The second-order valence-electron chi connectivity index (χ2n) is 7.40. The molecule has 0 spiro atoms. The van der Waals surface area contributed by atoms with E-state index in [4.69, 9.17) is 19.5 Å². The number of hydrogen-bond acceptors (Lipinski definition) is 7. The molecule has 4 aromatic rings. The fraction of sp³-hybridized carbons (Fsp3) is 0.115. The molecular weight excluding hydrogens is 466 g/mol. The number of carbonyl (C=O) groups is 1. The molecule has 0 N–H and O–H groups in total. The van der Waals surface area contributed by atoms with Crippen molar-refractivity contribution in [3.05, 3.63) is 89.1 Å². The van der Waals surface area contributed by atoms with Gasteiger partial charge in [-0.15, -0.1) is 11.3 Å². The molecule has 1 aliphatic rings. The number of hydrogen-bond donors (Lipinski definition) is 0. The molecule has 8 heteroatoms. The van der Waals surface area contributed by atoms with Crippen molar-refractivity contribution in [2.75, 3.05) is 19.1 Å². The van der Waals surface area contributed by atoms with Gasteiger partial charge in [-0.25, -0.2) is 9.98 Å². The summed E-state index contributed by atoms with van der Waals surface area (Å²) in [6, 6.07) is 23.0. The average Bonchev–Trinajstić information content (AvgIpc) is 3.43. The van der Waals surface area contributed by atoms with E-state index in [9.17, 15) is 4.79 Å². The van der Waals surface area contributed by atoms with Crippen LogP contribution in [0, 0.1) is 0 Å². The Hall–Kier alpha value is -3.62. The maximum Gasteiger partial charge on any atom is 0.283 e. The first-order chi connectivity index (χ1) is 16.6. The van der Waals surface area contributed by atoms with Crippen molar-refractivity contribution >= 4 is 56.2 Å². The van der Waals surface area contributed by atoms with Gasteiger partial charge in [-0.2, -0.15) is 0 Å². The van der Waals surface area contributed by atoms with E-state index in [0.717, 1.165) is 26.5 Å². The largest absolute Gasteiger partial charge is 0.497 e. The average molecular weight is 488 g/mol. The van der Waals surface area contributed by atoms with E-state index in [1.165, 1.54) is 11.8 Å². The highest BCUT2D eigenvalue weighted by molar-refractivity contribution is 8.13. The summed E-state index contributed by atoms with van der Waals surface area (Å²) in [5.41, 5.74) is 2.94. The quantitative estimate of drug-likeness (QED) is 0.313. The lowest BCUT2D eigenvalue weighted by atomic mass is 10.2. The Bertz CT molecular complexity index is 1380. The van der Waals surface area contributed by atoms with E-state index in [2.05, 4.69) is 6.07 Å². The number of aromatic nitrogens is 1. The predicted octanol–water partition coefficient (Wildman–Crippen LogP) is 5.99. The Morgan fingerprint density at radius 3 is 2.53 bits per heavy atom. The number of rotatable bonds is 6. The van der Waals surface area contributed by atoms with Gasteiger partial charge in [0.15, 0.2) is 5.17 Å². The number of methoxy groups -OCH3 is 2. The molecule has 0 atom stereocenters. The van der Waals surface area contributed by atoms with E-state index < -0.39 is 0 Å². The molecule has 2 heterocycles. The lowest BCUT2D eigenvalue weighted by Crippen LogP contribution is -2.30. The highest BCUT2D eigenvalue weighted by atomic mass is 32.2. The summed E-state index contributed by atoms with van der Waals surface area (Å²) in [7, 11) is 3.23. The Labute approximate surface area is 205 Å². The Morgan fingerprint density at radius 1 is 0.971 bits per heavy atom. The van der Waals surface area contributed by atoms with Gasteiger partial charge < -0.3 is 9.47 Å². The highest BCUT2D eigenvalue weighted by Crippen LogP contribution is 2.33. The molecular formula is C26H21N3O3S2. The number of anilines is 1. The molecule has 1 amide bonds. The lowest BCUT2D eigenvalue weighted by molar-refractivity contribution is -0.113. The molecule has 0 saturated heterocycles. The van der Waals surface area contributed by atoms with Crippen LogP contribution < -0.4 is 14.4 Å². The fourth-order valence-corrected chi connectivity index (χ4v) is 5.51. The SMILES string of the molecule is COc1ccc(C=C2N=C(SCc3nc4ccccc4s3)N(c3cccc(OC)c3)C2=O)cc1. The molecule has 0 aliphatic carbocycles. The van der Waals surface area contributed by atoms with Crippen molar-refractivity contribution in [1.82, 2.24) is 4.98 Å². The first-order valence-electron chi connectivity index (χ1n) is 10.5. The zero-order valence-corrected chi connectivity index (χ0v) is 20.2. The molecule has 170 valence electrons. The van der Waals surface area contributed by atoms with Crippen molar-refractivity contribution in [2.45, 2.75) is 5.75 Å². The molecule has 6 nitrogen and oxygen atoms in total. The van der Waals surface area contributed by atoms with Gasteiger partial charge in [-0.05, 0) is 48.0 Å². The molecule has 34 heavy (non-hydrogen) atoms. The van der Waals surface area contributed by atoms with Crippen LogP contribution in [0.3, 0.4) is 0 Å². The number of ether oxygens (including phenoxy) is 2. The first-order valence-corrected chi connectivity index (χ1v) is 12.3. The van der Waals surface area contributed by atoms with E-state index in [1.54, 1.807) is 36.5 Å². The zero-order chi connectivity index (χ0) is 23.5. The smallest absolute Gasteiger partial charge is 0.283 e. The van der Waals surface area contributed by atoms with Crippen molar-refractivity contribution in [1.29, 1.82) is 0 Å². The minimum atomic E-state index is -0.184. The van der Waals surface area contributed by atoms with Crippen LogP contribution in [0.2, 0.25) is 0 Å². The van der Waals surface area contributed by atoms with Gasteiger partial charge in [0.1, 0.15) is 22.2 Å². The summed E-state index contributed by atoms with van der Waals surface area (Å²) >= 11 is 3.15. The topological polar surface area (TPSA) is 64.0 Å². The van der Waals surface area contributed by atoms with Crippen LogP contribution in [0.5, 0.6) is 11.5 Å². The monoisotopic (exact) mass is 487 g/mol. The summed E-state index contributed by atoms with van der Waals surface area (Å²) in [4.78, 5) is 24.5. The van der Waals surface area contributed by atoms with Crippen molar-refractivity contribution < 1.29 is 14.3 Å². The van der Waals surface area contributed by atoms with Crippen molar-refractivity contribution in [3.8, 4) is 11.5 Å². The minimum Gasteiger partial charge on any atom is -0.497 e. The van der Waals surface area contributed by atoms with E-state index in [1.807, 2.05) is 66.7 Å². The number of amidine groups is 1. The van der Waals surface area contributed by atoms with Gasteiger partial charge in [-0.3, -0.25) is 9.69 Å². The zero-order valence-electron chi connectivity index (χ0n) is 18.6. The van der Waals surface area contributed by atoms with Crippen LogP contribution in [0.1, 0.15) is 10.6 Å². The summed E-state index contributed by atoms with van der Waals surface area (Å²) in [5.74, 6) is 1.86. The predicted molar refractivity (Wildman–Crippen MR) is 140 cm³/mol. The number of fused-ring (bicyclic) bond motifs is 1. The fourth-order valence-electron chi connectivity index (χ4n) is 3.54. The Balaban J connectivity index is 1.47. The molecule has 3 aromatic carbocycles. The summed E-state index contributed by atoms with van der Waals surface area (Å²) in [6.45, 7) is 0. The molecule has 0 saturated carbocycles. The number of amides is 1. The third-order valence-electron chi connectivity index (χ3n) is 5.22. The normalized spacial score (nSPS) is 14.6. The molecule has 0 bridgehead atoms. The van der Waals surface area contributed by atoms with E-state index in [-0.39, 0.29) is 5.91 Å². The number of nitrogens with zero attached hydrogens (tertiary/aromatic N) is 3. The summed E-state index contributed by atoms with van der Waals surface area (Å²) in [6.07, 6.45) is 1.79. The van der Waals surface area contributed by atoms with Crippen molar-refractivity contribution in [3.63, 3.8) is 0 Å². The number of para-hydroxylation sites is 1. The number of aliphatic imine (C=N–C) groups is 1. The van der Waals surface area contributed by atoms with Gasteiger partial charge >= 0.3 is 0 Å². The summed E-state index contributed by atoms with van der Waals surface area (Å²) in [5, 5.41) is 1.59. The van der Waals surface area contributed by atoms with Crippen LogP contribution >= 0.6 is 23.1 Å². The second kappa shape index (κ2) is 9.70. The highest BCUT2D eigenvalue weighted by Gasteiger charge is 2.32. The van der Waals surface area contributed by atoms with Crippen LogP contribution in [0.4, 0.5) is 5.69 Å². The molecule has 0 fully saturated rings. The number of thiazole rings is 1. The van der Waals surface area contributed by atoms with Crippen LogP contribution in [0.25, 0.3) is 16.3 Å². The third-order valence-corrected chi connectivity index (χ3v) is 7.39. The Kier molecular flexibility index (Phi) is 6.33. The van der Waals surface area contributed by atoms with Gasteiger partial charge in [0.25, 0.3) is 5.91 Å². The number of carbonyl (C=O) groups excluding carboxylic acids is 1. The van der Waals surface area contributed by atoms with E-state index in [0.29, 0.717) is 28.1 Å². The first kappa shape index (κ1) is 22.2. The van der Waals surface area contributed by atoms with Gasteiger partial charge in [0.05, 0.1) is 35.9 Å². The lowest BCUT2D eigenvalue weighted by Gasteiger charge is -2.18. The van der Waals surface area contributed by atoms with Gasteiger partial charge in [-0.1, -0.05) is 42.1 Å². The summed E-state index contributed by atoms with van der Waals surface area (Å²) < 4.78 is 11.7. The van der Waals surface area contributed by atoms with Gasteiger partial charge in [0.2, 0.25) is 0 Å². The third kappa shape index (κ3) is 4.55. The van der Waals surface area contributed by atoms with Crippen molar-refractivity contribution in [2.24, 2.45) is 4.99 Å². The molecule has 0 unspecified atom stereocenters. The number of benzene rings is 3. The van der Waals surface area contributed by atoms with Crippen LogP contribution in [0.15, 0.2) is 83.5 Å². The maximum absolute atomic E-state index is 13.4. The van der Waals surface area contributed by atoms with Crippen LogP contribution in [-0.2, 0) is 10.5 Å². The van der Waals surface area contributed by atoms with E-state index >= 15 is 0 Å².